The van der Waals surface area contributed by atoms with Gasteiger partial charge < -0.3 is 15.0 Å². The van der Waals surface area contributed by atoms with Gasteiger partial charge in [-0.1, -0.05) is 6.07 Å². The van der Waals surface area contributed by atoms with E-state index >= 15 is 0 Å². The number of nitrogens with zero attached hydrogens (tertiary/aromatic N) is 1. The van der Waals surface area contributed by atoms with Crippen LogP contribution in [0, 0.1) is 0 Å². The lowest BCUT2D eigenvalue weighted by Gasteiger charge is -2.17. The molecule has 0 saturated heterocycles. The van der Waals surface area contributed by atoms with Gasteiger partial charge in [-0.2, -0.15) is 0 Å². The van der Waals surface area contributed by atoms with Crippen molar-refractivity contribution in [1.29, 1.82) is 0 Å². The Morgan fingerprint density at radius 2 is 1.78 bits per heavy atom. The van der Waals surface area contributed by atoms with E-state index in [0.29, 0.717) is 11.4 Å². The Labute approximate surface area is 158 Å². The van der Waals surface area contributed by atoms with E-state index in [0.717, 1.165) is 0 Å². The van der Waals surface area contributed by atoms with Crippen LogP contribution < -0.4 is 14.8 Å². The maximum atomic E-state index is 12.5. The van der Waals surface area contributed by atoms with E-state index in [1.165, 1.54) is 43.3 Å². The predicted molar refractivity (Wildman–Crippen MR) is 101 cm³/mol. The molecule has 0 aliphatic carbocycles. The SMILES string of the molecule is CNS(=O)(=O)c1cccc(C(=O)N(C)CC(=O)Nc2ccc(OC)cc2)c1. The number of nitrogens with one attached hydrogen (secondary N) is 2. The first-order valence-electron chi connectivity index (χ1n) is 8.00. The van der Waals surface area contributed by atoms with Crippen LogP contribution in [-0.4, -0.2) is 52.9 Å². The molecule has 2 N–H and O–H groups in total. The van der Waals surface area contributed by atoms with Crippen molar-refractivity contribution in [1.82, 2.24) is 9.62 Å². The first-order valence-corrected chi connectivity index (χ1v) is 9.48. The summed E-state index contributed by atoms with van der Waals surface area (Å²) in [6.07, 6.45) is 0. The molecule has 0 saturated carbocycles. The number of likely N-dealkylation sites (N-methyl/N-ethyl adjacent to an activating group) is 1. The summed E-state index contributed by atoms with van der Waals surface area (Å²) in [6, 6.07) is 12.4. The number of carbonyl (C=O) groups excluding carboxylic acids is 2. The van der Waals surface area contributed by atoms with Gasteiger partial charge in [-0.3, -0.25) is 9.59 Å². The highest BCUT2D eigenvalue weighted by atomic mass is 32.2. The van der Waals surface area contributed by atoms with Crippen LogP contribution in [0.2, 0.25) is 0 Å². The molecule has 0 unspecified atom stereocenters. The summed E-state index contributed by atoms with van der Waals surface area (Å²) < 4.78 is 31.0. The van der Waals surface area contributed by atoms with E-state index in [-0.39, 0.29) is 22.9 Å². The molecule has 9 heteroatoms. The Balaban J connectivity index is 2.04. The number of sulfonamides is 1. The summed E-state index contributed by atoms with van der Waals surface area (Å²) in [7, 11) is 0.645. The molecule has 2 aromatic rings. The molecule has 2 rings (SSSR count). The first-order chi connectivity index (χ1) is 12.8. The molecular weight excluding hydrogens is 370 g/mol. The molecule has 2 aromatic carbocycles. The summed E-state index contributed by atoms with van der Waals surface area (Å²) in [6.45, 7) is -0.187. The van der Waals surface area contributed by atoms with Crippen LogP contribution in [-0.2, 0) is 14.8 Å². The third-order valence-corrected chi connectivity index (χ3v) is 5.17. The van der Waals surface area contributed by atoms with E-state index in [1.807, 2.05) is 0 Å². The van der Waals surface area contributed by atoms with E-state index in [1.54, 1.807) is 31.4 Å². The topological polar surface area (TPSA) is 105 Å². The summed E-state index contributed by atoms with van der Waals surface area (Å²) in [4.78, 5) is 25.8. The van der Waals surface area contributed by atoms with Gasteiger partial charge in [0.05, 0.1) is 18.6 Å². The Kier molecular flexibility index (Phi) is 6.54. The fraction of sp³-hybridized carbons (Fsp3) is 0.222. The molecule has 27 heavy (non-hydrogen) atoms. The second-order valence-corrected chi connectivity index (χ2v) is 7.56. The van der Waals surface area contributed by atoms with Gasteiger partial charge in [-0.15, -0.1) is 0 Å². The Bertz CT molecular complexity index is 926. The molecule has 0 fully saturated rings. The van der Waals surface area contributed by atoms with Crippen molar-refractivity contribution in [2.24, 2.45) is 0 Å². The first kappa shape index (κ1) is 20.4. The molecule has 0 spiro atoms. The number of carbonyl (C=O) groups is 2. The predicted octanol–water partition coefficient (Wildman–Crippen LogP) is 1.31. The van der Waals surface area contributed by atoms with Gasteiger partial charge >= 0.3 is 0 Å². The minimum Gasteiger partial charge on any atom is -0.497 e. The Morgan fingerprint density at radius 3 is 2.37 bits per heavy atom. The van der Waals surface area contributed by atoms with Crippen molar-refractivity contribution in [2.75, 3.05) is 33.1 Å². The van der Waals surface area contributed by atoms with Crippen LogP contribution in [0.4, 0.5) is 5.69 Å². The number of amides is 2. The molecular formula is C18H21N3O5S. The van der Waals surface area contributed by atoms with Gasteiger partial charge in [0.2, 0.25) is 15.9 Å². The fourth-order valence-electron chi connectivity index (χ4n) is 2.30. The molecule has 0 aromatic heterocycles. The highest BCUT2D eigenvalue weighted by Crippen LogP contribution is 2.15. The van der Waals surface area contributed by atoms with E-state index < -0.39 is 15.9 Å². The van der Waals surface area contributed by atoms with E-state index in [2.05, 4.69) is 10.0 Å². The van der Waals surface area contributed by atoms with Crippen molar-refractivity contribution in [3.05, 3.63) is 54.1 Å². The van der Waals surface area contributed by atoms with Gasteiger partial charge in [-0.05, 0) is 49.5 Å². The lowest BCUT2D eigenvalue weighted by atomic mass is 10.2. The molecule has 0 heterocycles. The summed E-state index contributed by atoms with van der Waals surface area (Å²) in [5.41, 5.74) is 0.745. The van der Waals surface area contributed by atoms with Gasteiger partial charge in [0, 0.05) is 18.3 Å². The van der Waals surface area contributed by atoms with Crippen molar-refractivity contribution in [3.63, 3.8) is 0 Å². The molecule has 2 amide bonds. The summed E-state index contributed by atoms with van der Waals surface area (Å²) in [5.74, 6) is -0.181. The van der Waals surface area contributed by atoms with Crippen molar-refractivity contribution < 1.29 is 22.7 Å². The van der Waals surface area contributed by atoms with Crippen molar-refractivity contribution >= 4 is 27.5 Å². The standard InChI is InChI=1S/C18H21N3O5S/c1-19-27(24,25)16-6-4-5-13(11-16)18(23)21(2)12-17(22)20-14-7-9-15(26-3)10-8-14/h4-11,19H,12H2,1-3H3,(H,20,22). The third kappa shape index (κ3) is 5.28. The zero-order valence-electron chi connectivity index (χ0n) is 15.2. The molecule has 0 radical (unpaired) electrons. The normalized spacial score (nSPS) is 10.9. The van der Waals surface area contributed by atoms with Gasteiger partial charge in [-0.25, -0.2) is 13.1 Å². The molecule has 144 valence electrons. The quantitative estimate of drug-likeness (QED) is 0.741. The van der Waals surface area contributed by atoms with Crippen molar-refractivity contribution in [3.8, 4) is 5.75 Å². The number of hydrogen-bond donors (Lipinski definition) is 2. The number of rotatable bonds is 7. The van der Waals surface area contributed by atoms with E-state index in [9.17, 15) is 18.0 Å². The lowest BCUT2D eigenvalue weighted by molar-refractivity contribution is -0.116. The Morgan fingerprint density at radius 1 is 1.11 bits per heavy atom. The van der Waals surface area contributed by atoms with Crippen LogP contribution in [0.15, 0.2) is 53.4 Å². The maximum absolute atomic E-state index is 12.5. The van der Waals surface area contributed by atoms with Crippen LogP contribution >= 0.6 is 0 Å². The monoisotopic (exact) mass is 391 g/mol. The molecule has 0 aliphatic rings. The number of anilines is 1. The smallest absolute Gasteiger partial charge is 0.254 e. The minimum absolute atomic E-state index is 0.0214. The maximum Gasteiger partial charge on any atom is 0.254 e. The highest BCUT2D eigenvalue weighted by Gasteiger charge is 2.18. The highest BCUT2D eigenvalue weighted by molar-refractivity contribution is 7.89. The van der Waals surface area contributed by atoms with Gasteiger partial charge in [0.25, 0.3) is 5.91 Å². The molecule has 0 atom stereocenters. The number of hydrogen-bond acceptors (Lipinski definition) is 5. The number of ether oxygens (including phenoxy) is 1. The fourth-order valence-corrected chi connectivity index (χ4v) is 3.07. The number of benzene rings is 2. The zero-order valence-corrected chi connectivity index (χ0v) is 16.0. The van der Waals surface area contributed by atoms with Crippen LogP contribution in [0.3, 0.4) is 0 Å². The zero-order chi connectivity index (χ0) is 20.0. The Hall–Kier alpha value is -2.91. The second-order valence-electron chi connectivity index (χ2n) is 5.67. The molecule has 0 bridgehead atoms. The molecule has 0 aliphatic heterocycles. The second kappa shape index (κ2) is 8.65. The summed E-state index contributed by atoms with van der Waals surface area (Å²) in [5, 5.41) is 2.68. The van der Waals surface area contributed by atoms with Gasteiger partial charge in [0.1, 0.15) is 5.75 Å². The van der Waals surface area contributed by atoms with Crippen LogP contribution in [0.1, 0.15) is 10.4 Å². The van der Waals surface area contributed by atoms with Crippen LogP contribution in [0.25, 0.3) is 0 Å². The largest absolute Gasteiger partial charge is 0.497 e. The molecule has 8 nitrogen and oxygen atoms in total. The lowest BCUT2D eigenvalue weighted by Crippen LogP contribution is -2.35. The number of methoxy groups -OCH3 is 1. The van der Waals surface area contributed by atoms with Crippen molar-refractivity contribution in [2.45, 2.75) is 4.90 Å². The minimum atomic E-state index is -3.66. The van der Waals surface area contributed by atoms with Crippen LogP contribution in [0.5, 0.6) is 5.75 Å². The summed E-state index contributed by atoms with van der Waals surface area (Å²) >= 11 is 0. The average molecular weight is 391 g/mol. The van der Waals surface area contributed by atoms with E-state index in [4.69, 9.17) is 4.74 Å². The average Bonchev–Trinajstić information content (AvgIpc) is 2.67. The van der Waals surface area contributed by atoms with Gasteiger partial charge in [0.15, 0.2) is 0 Å². The third-order valence-electron chi connectivity index (χ3n) is 3.76.